The van der Waals surface area contributed by atoms with E-state index in [9.17, 15) is 9.59 Å². The third kappa shape index (κ3) is 2.85. The minimum absolute atomic E-state index is 0.168. The fourth-order valence-electron chi connectivity index (χ4n) is 2.19. The Morgan fingerprint density at radius 2 is 2.05 bits per heavy atom. The van der Waals surface area contributed by atoms with Crippen molar-refractivity contribution in [3.8, 4) is 0 Å². The molecule has 0 radical (unpaired) electrons. The second-order valence-electron chi connectivity index (χ2n) is 4.99. The maximum Gasteiger partial charge on any atom is 0.335 e. The summed E-state index contributed by atoms with van der Waals surface area (Å²) in [5.74, 6) is -1.20. The van der Waals surface area contributed by atoms with Gasteiger partial charge in [-0.2, -0.15) is 0 Å². The van der Waals surface area contributed by atoms with Gasteiger partial charge in [0.2, 0.25) is 0 Å². The third-order valence-electron chi connectivity index (χ3n) is 3.42. The molecule has 0 saturated heterocycles. The minimum Gasteiger partial charge on any atom is -0.478 e. The van der Waals surface area contributed by atoms with Gasteiger partial charge in [0.25, 0.3) is 5.91 Å². The number of carbonyl (C=O) groups excluding carboxylic acids is 1. The van der Waals surface area contributed by atoms with Crippen molar-refractivity contribution in [2.45, 2.75) is 18.9 Å². The third-order valence-corrected chi connectivity index (χ3v) is 4.07. The molecule has 108 valence electrons. The Morgan fingerprint density at radius 1 is 1.29 bits per heavy atom. The van der Waals surface area contributed by atoms with Gasteiger partial charge in [0.15, 0.2) is 0 Å². The number of amides is 1. The van der Waals surface area contributed by atoms with Crippen LogP contribution in [0, 0.1) is 0 Å². The number of hydrogen-bond donors (Lipinski definition) is 2. The lowest BCUT2D eigenvalue weighted by molar-refractivity contribution is 0.0696. The Labute approximate surface area is 129 Å². The van der Waals surface area contributed by atoms with Gasteiger partial charge in [0, 0.05) is 16.7 Å². The van der Waals surface area contributed by atoms with E-state index in [2.05, 4.69) is 21.2 Å². The quantitative estimate of drug-likeness (QED) is 0.887. The zero-order valence-corrected chi connectivity index (χ0v) is 12.6. The molecule has 3 rings (SSSR count). The zero-order chi connectivity index (χ0) is 15.0. The molecule has 5 nitrogen and oxygen atoms in total. The molecular weight excluding hydrogens is 336 g/mol. The van der Waals surface area contributed by atoms with Crippen molar-refractivity contribution in [3.05, 3.63) is 52.3 Å². The summed E-state index contributed by atoms with van der Waals surface area (Å²) in [4.78, 5) is 23.2. The Balaban J connectivity index is 1.81. The Bertz CT molecular complexity index is 719. The number of carboxylic acid groups (broad SMARTS) is 1. The molecule has 1 aliphatic carbocycles. The molecule has 0 atom stereocenters. The van der Waals surface area contributed by atoms with Gasteiger partial charge in [-0.15, -0.1) is 0 Å². The first-order chi connectivity index (χ1) is 10.1. The van der Waals surface area contributed by atoms with E-state index in [1.165, 1.54) is 12.1 Å². The summed E-state index contributed by atoms with van der Waals surface area (Å²) in [6, 6.07) is 8.58. The van der Waals surface area contributed by atoms with E-state index in [0.29, 0.717) is 21.9 Å². The number of carbonyl (C=O) groups is 2. The number of aromatic carboxylic acids is 1. The lowest BCUT2D eigenvalue weighted by Gasteiger charge is -2.10. The highest BCUT2D eigenvalue weighted by atomic mass is 79.9. The molecule has 0 bridgehead atoms. The van der Waals surface area contributed by atoms with Crippen LogP contribution in [-0.4, -0.2) is 21.6 Å². The van der Waals surface area contributed by atoms with Gasteiger partial charge in [-0.3, -0.25) is 4.79 Å². The molecule has 1 saturated carbocycles. The number of hydrogen-bond acceptors (Lipinski definition) is 2. The average molecular weight is 349 g/mol. The van der Waals surface area contributed by atoms with Gasteiger partial charge in [0.1, 0.15) is 5.69 Å². The highest BCUT2D eigenvalue weighted by Crippen LogP contribution is 2.36. The maximum absolute atomic E-state index is 12.3. The van der Waals surface area contributed by atoms with Crippen LogP contribution in [0.25, 0.3) is 0 Å². The highest BCUT2D eigenvalue weighted by Gasteiger charge is 2.26. The van der Waals surface area contributed by atoms with E-state index in [0.717, 1.165) is 12.8 Å². The van der Waals surface area contributed by atoms with Crippen molar-refractivity contribution in [3.63, 3.8) is 0 Å². The van der Waals surface area contributed by atoms with E-state index in [-0.39, 0.29) is 11.5 Å². The summed E-state index contributed by atoms with van der Waals surface area (Å²) >= 11 is 3.28. The molecule has 0 spiro atoms. The minimum atomic E-state index is -1.00. The summed E-state index contributed by atoms with van der Waals surface area (Å²) in [5, 5.41) is 11.7. The van der Waals surface area contributed by atoms with Crippen molar-refractivity contribution < 1.29 is 14.7 Å². The molecule has 2 aromatic rings. The first kappa shape index (κ1) is 13.9. The molecule has 1 aliphatic rings. The van der Waals surface area contributed by atoms with Gasteiger partial charge in [-0.1, -0.05) is 0 Å². The topological polar surface area (TPSA) is 71.3 Å². The van der Waals surface area contributed by atoms with Crippen LogP contribution in [0.4, 0.5) is 5.69 Å². The van der Waals surface area contributed by atoms with E-state index >= 15 is 0 Å². The van der Waals surface area contributed by atoms with Crippen LogP contribution in [0.3, 0.4) is 0 Å². The van der Waals surface area contributed by atoms with Gasteiger partial charge >= 0.3 is 5.97 Å². The molecule has 1 fully saturated rings. The number of nitrogens with zero attached hydrogens (tertiary/aromatic N) is 1. The van der Waals surface area contributed by atoms with E-state index < -0.39 is 5.97 Å². The summed E-state index contributed by atoms with van der Waals surface area (Å²) in [7, 11) is 0. The van der Waals surface area contributed by atoms with Crippen LogP contribution >= 0.6 is 15.9 Å². The monoisotopic (exact) mass is 348 g/mol. The summed E-state index contributed by atoms with van der Waals surface area (Å²) in [6.07, 6.45) is 4.12. The second kappa shape index (κ2) is 5.37. The smallest absolute Gasteiger partial charge is 0.335 e. The normalized spacial score (nSPS) is 14.0. The number of nitrogens with one attached hydrogen (secondary N) is 1. The summed E-state index contributed by atoms with van der Waals surface area (Å²) in [6.45, 7) is 0. The van der Waals surface area contributed by atoms with Crippen LogP contribution in [0.1, 0.15) is 39.7 Å². The largest absolute Gasteiger partial charge is 0.478 e. The summed E-state index contributed by atoms with van der Waals surface area (Å²) in [5.41, 5.74) is 1.33. The summed E-state index contributed by atoms with van der Waals surface area (Å²) < 4.78 is 2.52. The Hall–Kier alpha value is -2.08. The van der Waals surface area contributed by atoms with Crippen LogP contribution in [0.15, 0.2) is 41.0 Å². The van der Waals surface area contributed by atoms with Crippen molar-refractivity contribution in [2.24, 2.45) is 0 Å². The second-order valence-corrected chi connectivity index (χ2v) is 5.84. The molecule has 1 heterocycles. The van der Waals surface area contributed by atoms with E-state index in [1.807, 2.05) is 16.8 Å². The van der Waals surface area contributed by atoms with Crippen molar-refractivity contribution in [1.82, 2.24) is 4.57 Å². The molecule has 0 unspecified atom stereocenters. The number of aromatic nitrogens is 1. The molecule has 0 aliphatic heterocycles. The number of rotatable bonds is 4. The first-order valence-electron chi connectivity index (χ1n) is 6.57. The van der Waals surface area contributed by atoms with Crippen LogP contribution < -0.4 is 5.32 Å². The van der Waals surface area contributed by atoms with Crippen LogP contribution in [0.2, 0.25) is 0 Å². The first-order valence-corrected chi connectivity index (χ1v) is 7.36. The SMILES string of the molecule is O=C(O)c1ccc(NC(=O)c2cccn2C2CC2)c(Br)c1. The fraction of sp³-hybridized carbons (Fsp3) is 0.200. The van der Waals surface area contributed by atoms with Crippen molar-refractivity contribution in [1.29, 1.82) is 0 Å². The Kier molecular flexibility index (Phi) is 3.55. The molecule has 1 aromatic heterocycles. The van der Waals surface area contributed by atoms with Crippen LogP contribution in [0.5, 0.6) is 0 Å². The fourth-order valence-corrected chi connectivity index (χ4v) is 2.67. The van der Waals surface area contributed by atoms with Gasteiger partial charge in [0.05, 0.1) is 11.3 Å². The predicted molar refractivity (Wildman–Crippen MR) is 81.8 cm³/mol. The number of carboxylic acids is 1. The van der Waals surface area contributed by atoms with E-state index in [4.69, 9.17) is 5.11 Å². The molecular formula is C15H13BrN2O3. The highest BCUT2D eigenvalue weighted by molar-refractivity contribution is 9.10. The van der Waals surface area contributed by atoms with Crippen molar-refractivity contribution >= 4 is 33.5 Å². The standard InChI is InChI=1S/C15H13BrN2O3/c16-11-8-9(15(20)21)3-6-12(11)17-14(19)13-2-1-7-18(13)10-4-5-10/h1-3,6-8,10H,4-5H2,(H,17,19)(H,20,21). The van der Waals surface area contributed by atoms with Crippen LogP contribution in [-0.2, 0) is 0 Å². The number of benzene rings is 1. The van der Waals surface area contributed by atoms with E-state index in [1.54, 1.807) is 12.1 Å². The van der Waals surface area contributed by atoms with Gasteiger partial charge in [-0.25, -0.2) is 4.79 Å². The molecule has 6 heteroatoms. The average Bonchev–Trinajstić information content (AvgIpc) is 3.17. The number of halogens is 1. The Morgan fingerprint density at radius 3 is 2.67 bits per heavy atom. The molecule has 2 N–H and O–H groups in total. The predicted octanol–water partition coefficient (Wildman–Crippen LogP) is 3.54. The van der Waals surface area contributed by atoms with Gasteiger partial charge < -0.3 is 15.0 Å². The maximum atomic E-state index is 12.3. The van der Waals surface area contributed by atoms with Gasteiger partial charge in [-0.05, 0) is 59.1 Å². The zero-order valence-electron chi connectivity index (χ0n) is 11.0. The molecule has 1 aromatic carbocycles. The molecule has 21 heavy (non-hydrogen) atoms. The molecule has 1 amide bonds. The lowest BCUT2D eigenvalue weighted by Crippen LogP contribution is -2.16. The lowest BCUT2D eigenvalue weighted by atomic mass is 10.2. The number of anilines is 1. The van der Waals surface area contributed by atoms with Crippen molar-refractivity contribution in [2.75, 3.05) is 5.32 Å².